The Morgan fingerprint density at radius 3 is 2.10 bits per heavy atom. The molecule has 0 saturated carbocycles. The quantitative estimate of drug-likeness (QED) is 0.733. The van der Waals surface area contributed by atoms with Gasteiger partial charge in [-0.05, 0) is 17.5 Å². The van der Waals surface area contributed by atoms with Gasteiger partial charge in [-0.25, -0.2) is 8.78 Å². The number of fused-ring (bicyclic) bond motifs is 1. The van der Waals surface area contributed by atoms with E-state index in [2.05, 4.69) is 0 Å². The van der Waals surface area contributed by atoms with E-state index < -0.39 is 36.0 Å². The number of hydrogen-bond acceptors (Lipinski definition) is 3. The predicted octanol–water partition coefficient (Wildman–Crippen LogP) is 4.04. The zero-order valence-electron chi connectivity index (χ0n) is 16.3. The number of carbonyl (C=O) groups is 1. The molecule has 0 bridgehead atoms. The molecule has 6 heteroatoms. The third-order valence-electron chi connectivity index (χ3n) is 5.88. The van der Waals surface area contributed by atoms with Gasteiger partial charge in [0.25, 0.3) is 11.8 Å². The summed E-state index contributed by atoms with van der Waals surface area (Å²) in [5.41, 5.74) is 1.75. The van der Waals surface area contributed by atoms with Crippen LogP contribution in [0.4, 0.5) is 8.78 Å². The van der Waals surface area contributed by atoms with Crippen molar-refractivity contribution >= 4 is 5.91 Å². The average Bonchev–Trinajstić information content (AvgIpc) is 3.01. The van der Waals surface area contributed by atoms with Gasteiger partial charge in [0.2, 0.25) is 0 Å². The first-order valence-electron chi connectivity index (χ1n) is 9.98. The van der Waals surface area contributed by atoms with E-state index in [9.17, 15) is 4.79 Å². The number of amides is 1. The molecule has 4 atom stereocenters. The number of rotatable bonds is 6. The van der Waals surface area contributed by atoms with E-state index >= 15 is 8.78 Å². The van der Waals surface area contributed by atoms with Crippen LogP contribution in [0.3, 0.4) is 0 Å². The van der Waals surface area contributed by atoms with E-state index in [1.165, 1.54) is 11.8 Å². The van der Waals surface area contributed by atoms with E-state index in [0.717, 1.165) is 11.1 Å². The lowest BCUT2D eigenvalue weighted by Gasteiger charge is -2.42. The van der Waals surface area contributed by atoms with Crippen molar-refractivity contribution in [1.29, 1.82) is 0 Å². The third kappa shape index (κ3) is 3.91. The Morgan fingerprint density at radius 1 is 0.966 bits per heavy atom. The Labute approximate surface area is 169 Å². The van der Waals surface area contributed by atoms with Crippen LogP contribution in [0.25, 0.3) is 0 Å². The van der Waals surface area contributed by atoms with Crippen LogP contribution in [0.2, 0.25) is 0 Å². The van der Waals surface area contributed by atoms with Crippen molar-refractivity contribution in [2.24, 2.45) is 5.92 Å². The lowest BCUT2D eigenvalue weighted by atomic mass is 9.87. The zero-order chi connectivity index (χ0) is 20.4. The van der Waals surface area contributed by atoms with E-state index in [4.69, 9.17) is 9.47 Å². The van der Waals surface area contributed by atoms with Crippen LogP contribution < -0.4 is 0 Å². The number of carbonyl (C=O) groups excluding carboxylic acids is 1. The lowest BCUT2D eigenvalue weighted by molar-refractivity contribution is -0.178. The van der Waals surface area contributed by atoms with Crippen LogP contribution in [0.5, 0.6) is 0 Å². The maximum Gasteiger partial charge on any atom is 0.273 e. The predicted molar refractivity (Wildman–Crippen MR) is 104 cm³/mol. The molecule has 1 amide bonds. The van der Waals surface area contributed by atoms with Crippen molar-refractivity contribution in [1.82, 2.24) is 4.90 Å². The van der Waals surface area contributed by atoms with E-state index in [0.29, 0.717) is 6.54 Å². The Balaban J connectivity index is 1.57. The topological polar surface area (TPSA) is 38.8 Å². The van der Waals surface area contributed by atoms with E-state index in [1.807, 2.05) is 60.7 Å². The normalized spacial score (nSPS) is 28.4. The number of piperidine rings is 1. The molecule has 0 radical (unpaired) electrons. The molecule has 2 fully saturated rings. The molecule has 0 aromatic heterocycles. The number of benzene rings is 2. The molecule has 2 aromatic carbocycles. The molecule has 2 aliphatic rings. The summed E-state index contributed by atoms with van der Waals surface area (Å²) in [6.07, 6.45) is -1.80. The van der Waals surface area contributed by atoms with Gasteiger partial charge < -0.3 is 14.4 Å². The standard InChI is InChI=1S/C23H25F2NO3/c1-16-12-13-26-21(23(16,24)25)19(28-14-17-8-4-2-5-9-17)20(22(26)27)29-15-18-10-6-3-7-11-18/h2-11,16,19-21H,12-15H2,1H3/t16-,19+,20+,21+/m0/s1. The number of hydrogen-bond donors (Lipinski definition) is 0. The zero-order valence-corrected chi connectivity index (χ0v) is 16.3. The van der Waals surface area contributed by atoms with Gasteiger partial charge in [0.05, 0.1) is 13.2 Å². The van der Waals surface area contributed by atoms with Crippen molar-refractivity contribution in [2.45, 2.75) is 50.7 Å². The Kier molecular flexibility index (Phi) is 5.65. The second-order valence-corrected chi connectivity index (χ2v) is 7.82. The van der Waals surface area contributed by atoms with Crippen molar-refractivity contribution in [2.75, 3.05) is 6.54 Å². The maximum atomic E-state index is 15.1. The molecule has 2 aliphatic heterocycles. The van der Waals surface area contributed by atoms with E-state index in [-0.39, 0.29) is 19.6 Å². The fourth-order valence-electron chi connectivity index (χ4n) is 4.15. The van der Waals surface area contributed by atoms with Crippen LogP contribution in [-0.4, -0.2) is 41.5 Å². The summed E-state index contributed by atoms with van der Waals surface area (Å²) in [5, 5.41) is 0. The van der Waals surface area contributed by atoms with Gasteiger partial charge in [-0.2, -0.15) is 0 Å². The summed E-state index contributed by atoms with van der Waals surface area (Å²) in [6, 6.07) is 17.4. The number of halogens is 2. The summed E-state index contributed by atoms with van der Waals surface area (Å²) in [7, 11) is 0. The van der Waals surface area contributed by atoms with Gasteiger partial charge in [-0.3, -0.25) is 4.79 Å². The van der Waals surface area contributed by atoms with Crippen LogP contribution in [0.15, 0.2) is 60.7 Å². The van der Waals surface area contributed by atoms with E-state index in [1.54, 1.807) is 0 Å². The highest BCUT2D eigenvalue weighted by Gasteiger charge is 2.63. The first-order chi connectivity index (χ1) is 14.0. The molecule has 2 heterocycles. The summed E-state index contributed by atoms with van der Waals surface area (Å²) < 4.78 is 42.0. The van der Waals surface area contributed by atoms with Gasteiger partial charge in [0, 0.05) is 12.5 Å². The number of alkyl halides is 2. The van der Waals surface area contributed by atoms with Crippen LogP contribution >= 0.6 is 0 Å². The molecule has 0 aliphatic carbocycles. The first-order valence-corrected chi connectivity index (χ1v) is 9.98. The minimum Gasteiger partial charge on any atom is -0.368 e. The van der Waals surface area contributed by atoms with Crippen molar-refractivity contribution in [3.63, 3.8) is 0 Å². The third-order valence-corrected chi connectivity index (χ3v) is 5.88. The number of nitrogens with zero attached hydrogens (tertiary/aromatic N) is 1. The highest BCUT2D eigenvalue weighted by molar-refractivity contribution is 5.85. The molecule has 0 unspecified atom stereocenters. The molecule has 2 saturated heterocycles. The molecule has 0 N–H and O–H groups in total. The molecule has 2 aromatic rings. The van der Waals surface area contributed by atoms with Gasteiger partial charge in [0.1, 0.15) is 12.1 Å². The van der Waals surface area contributed by atoms with Crippen molar-refractivity contribution in [3.05, 3.63) is 71.8 Å². The Morgan fingerprint density at radius 2 is 1.52 bits per heavy atom. The number of ether oxygens (including phenoxy) is 2. The molecule has 4 nitrogen and oxygen atoms in total. The summed E-state index contributed by atoms with van der Waals surface area (Å²) >= 11 is 0. The van der Waals surface area contributed by atoms with Gasteiger partial charge in [-0.1, -0.05) is 67.6 Å². The van der Waals surface area contributed by atoms with Crippen LogP contribution in [-0.2, 0) is 27.5 Å². The van der Waals surface area contributed by atoms with Crippen LogP contribution in [0, 0.1) is 5.92 Å². The second kappa shape index (κ2) is 8.20. The van der Waals surface area contributed by atoms with Gasteiger partial charge in [-0.15, -0.1) is 0 Å². The van der Waals surface area contributed by atoms with Crippen molar-refractivity contribution in [3.8, 4) is 0 Å². The molecular formula is C23H25F2NO3. The van der Waals surface area contributed by atoms with Crippen LogP contribution in [0.1, 0.15) is 24.5 Å². The smallest absolute Gasteiger partial charge is 0.273 e. The Hall–Kier alpha value is -2.31. The summed E-state index contributed by atoms with van der Waals surface area (Å²) in [5.74, 6) is -4.25. The first kappa shape index (κ1) is 20.0. The summed E-state index contributed by atoms with van der Waals surface area (Å²) in [6.45, 7) is 2.16. The highest BCUT2D eigenvalue weighted by atomic mass is 19.3. The maximum absolute atomic E-state index is 15.1. The molecule has 154 valence electrons. The largest absolute Gasteiger partial charge is 0.368 e. The highest BCUT2D eigenvalue weighted by Crippen LogP contribution is 2.45. The van der Waals surface area contributed by atoms with Gasteiger partial charge >= 0.3 is 0 Å². The fraction of sp³-hybridized carbons (Fsp3) is 0.435. The molecule has 29 heavy (non-hydrogen) atoms. The average molecular weight is 401 g/mol. The minimum absolute atomic E-state index is 0.152. The monoisotopic (exact) mass is 401 g/mol. The van der Waals surface area contributed by atoms with Crippen molar-refractivity contribution < 1.29 is 23.0 Å². The molecular weight excluding hydrogens is 376 g/mol. The SMILES string of the molecule is C[C@H]1CCN2C(=O)[C@H](OCc3ccccc3)[C@@H](OCc3ccccc3)[C@@H]2C1(F)F. The summed E-state index contributed by atoms with van der Waals surface area (Å²) in [4.78, 5) is 14.2. The van der Waals surface area contributed by atoms with Gasteiger partial charge in [0.15, 0.2) is 6.10 Å². The molecule has 0 spiro atoms. The fourth-order valence-corrected chi connectivity index (χ4v) is 4.15. The second-order valence-electron chi connectivity index (χ2n) is 7.82. The Bertz CT molecular complexity index is 831. The minimum atomic E-state index is -3.03. The molecule has 4 rings (SSSR count). The lowest BCUT2D eigenvalue weighted by Crippen LogP contribution is -2.58.